The summed E-state index contributed by atoms with van der Waals surface area (Å²) in [5.74, 6) is -6.72. The second kappa shape index (κ2) is 13.9. The number of benzene rings is 2. The van der Waals surface area contributed by atoms with Gasteiger partial charge in [-0.2, -0.15) is 0 Å². The fraction of sp³-hybridized carbons (Fsp3) is 0.353. The van der Waals surface area contributed by atoms with Crippen LogP contribution in [0, 0.1) is 11.6 Å². The first kappa shape index (κ1) is 34.9. The quantitative estimate of drug-likeness (QED) is 0.179. The van der Waals surface area contributed by atoms with Crippen molar-refractivity contribution in [3.8, 4) is 5.75 Å². The van der Waals surface area contributed by atoms with Crippen molar-refractivity contribution in [2.45, 2.75) is 42.3 Å². The highest BCUT2D eigenvalue weighted by Gasteiger charge is 2.54. The molecule has 0 bridgehead atoms. The third-order valence-electron chi connectivity index (χ3n) is 9.36. The normalized spacial score (nSPS) is 22.4. The zero-order valence-corrected chi connectivity index (χ0v) is 27.9. The minimum atomic E-state index is -1.51. The van der Waals surface area contributed by atoms with Gasteiger partial charge in [0.1, 0.15) is 40.8 Å². The number of para-hydroxylation sites is 1. The van der Waals surface area contributed by atoms with Gasteiger partial charge in [-0.15, -0.1) is 11.8 Å². The molecule has 1 aromatic heterocycles. The number of alkyl carbamates (subject to hydrolysis) is 1. The van der Waals surface area contributed by atoms with Gasteiger partial charge in [-0.3, -0.25) is 19.3 Å². The van der Waals surface area contributed by atoms with Gasteiger partial charge in [0.2, 0.25) is 5.43 Å². The van der Waals surface area contributed by atoms with Crippen molar-refractivity contribution >= 4 is 52.5 Å². The molecule has 3 aliphatic heterocycles. The summed E-state index contributed by atoms with van der Waals surface area (Å²) in [6.45, 7) is -0.725. The molecule has 2 unspecified atom stereocenters. The molecule has 52 heavy (non-hydrogen) atoms. The van der Waals surface area contributed by atoms with E-state index in [0.717, 1.165) is 17.2 Å². The van der Waals surface area contributed by atoms with Crippen molar-refractivity contribution in [3.05, 3.63) is 86.8 Å². The van der Waals surface area contributed by atoms with Gasteiger partial charge in [-0.1, -0.05) is 18.2 Å². The number of fused-ring (bicyclic) bond motifs is 2. The molecule has 3 aromatic rings. The van der Waals surface area contributed by atoms with E-state index in [1.807, 2.05) is 0 Å². The van der Waals surface area contributed by atoms with Gasteiger partial charge in [0, 0.05) is 48.1 Å². The molecule has 3 amide bonds. The van der Waals surface area contributed by atoms with Crippen LogP contribution in [0.25, 0.3) is 10.9 Å². The van der Waals surface area contributed by atoms with Crippen molar-refractivity contribution in [2.24, 2.45) is 0 Å². The first-order valence-electron chi connectivity index (χ1n) is 16.3. The number of carboxylic acids is 2. The lowest BCUT2D eigenvalue weighted by atomic mass is 9.91. The Morgan fingerprint density at radius 3 is 2.46 bits per heavy atom. The van der Waals surface area contributed by atoms with E-state index in [9.17, 15) is 39.0 Å². The maximum Gasteiger partial charge on any atom is 0.407 e. The van der Waals surface area contributed by atoms with E-state index in [4.69, 9.17) is 9.47 Å². The highest BCUT2D eigenvalue weighted by atomic mass is 32.2. The van der Waals surface area contributed by atoms with E-state index in [1.165, 1.54) is 16.3 Å². The number of aromatic nitrogens is 1. The minimum absolute atomic E-state index is 0.0463. The lowest BCUT2D eigenvalue weighted by Gasteiger charge is -2.49. The molecule has 1 saturated carbocycles. The molecule has 1 aliphatic carbocycles. The molecule has 3 fully saturated rings. The standard InChI is InChI=1S/C34H31F2N5O10S/c35-21-8-18-28(40(16-6-7-16)11-20(29(18)43)32(45)46)25(36)24(21)19-9-37-10-22(19)38-34(49)51-12-15-14-52-31-26(30(44)41(31)27(15)33(47)48)39-23(42)13-50-17-4-2-1-3-5-17/h1-5,8,11,16,19,22,26,31,37H,6-7,9-10,12-14H2,(H,38,49)(H,39,42)(H,45,46)(H,47,48)/t19?,22?,26-,31-/m1/s1. The molecular formula is C34H31F2N5O10S. The third-order valence-corrected chi connectivity index (χ3v) is 10.7. The Labute approximate surface area is 296 Å². The summed E-state index contributed by atoms with van der Waals surface area (Å²) in [6.07, 6.45) is 1.31. The van der Waals surface area contributed by atoms with E-state index in [2.05, 4.69) is 16.0 Å². The molecule has 2 aromatic carbocycles. The minimum Gasteiger partial charge on any atom is -0.484 e. The predicted octanol–water partition coefficient (Wildman–Crippen LogP) is 1.91. The van der Waals surface area contributed by atoms with Crippen molar-refractivity contribution in [1.82, 2.24) is 25.4 Å². The summed E-state index contributed by atoms with van der Waals surface area (Å²) in [6, 6.07) is 7.27. The van der Waals surface area contributed by atoms with E-state index in [0.29, 0.717) is 18.6 Å². The Hall–Kier alpha value is -5.49. The number of aromatic carboxylic acids is 1. The van der Waals surface area contributed by atoms with Gasteiger partial charge in [0.25, 0.3) is 11.8 Å². The summed E-state index contributed by atoms with van der Waals surface area (Å²) >= 11 is 1.17. The highest BCUT2D eigenvalue weighted by molar-refractivity contribution is 8.00. The van der Waals surface area contributed by atoms with Crippen molar-refractivity contribution in [1.29, 1.82) is 0 Å². The Kier molecular flexibility index (Phi) is 9.35. The number of nitrogens with one attached hydrogen (secondary N) is 3. The van der Waals surface area contributed by atoms with Crippen LogP contribution < -0.4 is 26.1 Å². The summed E-state index contributed by atoms with van der Waals surface area (Å²) in [5, 5.41) is 26.5. The second-order valence-corrected chi connectivity index (χ2v) is 13.8. The van der Waals surface area contributed by atoms with Crippen LogP contribution >= 0.6 is 11.8 Å². The fourth-order valence-electron chi connectivity index (χ4n) is 6.74. The van der Waals surface area contributed by atoms with Gasteiger partial charge in [-0.25, -0.2) is 23.2 Å². The first-order valence-corrected chi connectivity index (χ1v) is 17.3. The number of carbonyl (C=O) groups excluding carboxylic acids is 3. The van der Waals surface area contributed by atoms with Gasteiger partial charge >= 0.3 is 18.0 Å². The lowest BCUT2D eigenvalue weighted by molar-refractivity contribution is -0.151. The topological polar surface area (TPSA) is 206 Å². The van der Waals surface area contributed by atoms with Crippen LogP contribution in [-0.2, 0) is 19.1 Å². The Morgan fingerprint density at radius 1 is 1.02 bits per heavy atom. The second-order valence-electron chi connectivity index (χ2n) is 12.7. The number of rotatable bonds is 11. The van der Waals surface area contributed by atoms with Crippen LogP contribution in [0.5, 0.6) is 5.75 Å². The van der Waals surface area contributed by atoms with Crippen LogP contribution in [0.4, 0.5) is 13.6 Å². The number of aliphatic carboxylic acids is 1. The number of hydrogen-bond donors (Lipinski definition) is 5. The molecule has 5 N–H and O–H groups in total. The molecule has 2 saturated heterocycles. The summed E-state index contributed by atoms with van der Waals surface area (Å²) in [7, 11) is 0. The summed E-state index contributed by atoms with van der Waals surface area (Å²) in [5.41, 5.74) is -2.47. The monoisotopic (exact) mass is 739 g/mol. The molecule has 0 spiro atoms. The zero-order chi connectivity index (χ0) is 36.8. The largest absolute Gasteiger partial charge is 0.484 e. The number of thioether (sulfide) groups is 1. The number of carbonyl (C=O) groups is 5. The highest BCUT2D eigenvalue weighted by Crippen LogP contribution is 2.41. The fourth-order valence-corrected chi connectivity index (χ4v) is 8.07. The van der Waals surface area contributed by atoms with Crippen LogP contribution in [-0.4, -0.2) is 99.0 Å². The Balaban J connectivity index is 1.02. The molecule has 272 valence electrons. The average Bonchev–Trinajstić information content (AvgIpc) is 3.87. The van der Waals surface area contributed by atoms with Crippen LogP contribution in [0.1, 0.15) is 40.7 Å². The number of β-lactam (4-membered cyclic amide) rings is 1. The van der Waals surface area contributed by atoms with E-state index in [1.54, 1.807) is 30.3 Å². The molecule has 18 heteroatoms. The SMILES string of the molecule is O=C(COc1ccccc1)N[C@@H]1C(=O)N2C(C(=O)O)=C(COC(=O)NC3CNCC3c3c(F)cc4c(=O)c(C(=O)O)cn(C5CC5)c4c3F)CS[C@H]12. The Morgan fingerprint density at radius 2 is 1.77 bits per heavy atom. The molecule has 7 rings (SSSR count). The van der Waals surface area contributed by atoms with Crippen molar-refractivity contribution in [2.75, 3.05) is 32.1 Å². The van der Waals surface area contributed by atoms with E-state index < -0.39 is 93.4 Å². The average molecular weight is 740 g/mol. The van der Waals surface area contributed by atoms with Crippen LogP contribution in [0.3, 0.4) is 0 Å². The number of hydrogen-bond acceptors (Lipinski definition) is 10. The number of halogens is 2. The number of amides is 3. The van der Waals surface area contributed by atoms with E-state index in [-0.39, 0.29) is 48.3 Å². The van der Waals surface area contributed by atoms with Gasteiger partial charge in [0.15, 0.2) is 12.4 Å². The summed E-state index contributed by atoms with van der Waals surface area (Å²) in [4.78, 5) is 76.3. The number of carboxylic acid groups (broad SMARTS) is 2. The van der Waals surface area contributed by atoms with Crippen LogP contribution in [0.15, 0.2) is 58.7 Å². The molecular weight excluding hydrogens is 708 g/mol. The first-order chi connectivity index (χ1) is 24.9. The molecule has 4 heterocycles. The maximum absolute atomic E-state index is 16.2. The Bertz CT molecular complexity index is 2110. The molecule has 4 aliphatic rings. The third kappa shape index (κ3) is 6.43. The smallest absolute Gasteiger partial charge is 0.407 e. The molecule has 4 atom stereocenters. The van der Waals surface area contributed by atoms with Crippen LogP contribution in [0.2, 0.25) is 0 Å². The molecule has 0 radical (unpaired) electrons. The molecule has 15 nitrogen and oxygen atoms in total. The zero-order valence-electron chi connectivity index (χ0n) is 27.1. The summed E-state index contributed by atoms with van der Waals surface area (Å²) < 4.78 is 43.9. The maximum atomic E-state index is 16.2. The number of ether oxygens (including phenoxy) is 2. The predicted molar refractivity (Wildman–Crippen MR) is 179 cm³/mol. The van der Waals surface area contributed by atoms with Crippen molar-refractivity contribution < 1.29 is 52.4 Å². The number of nitrogens with zero attached hydrogens (tertiary/aromatic N) is 2. The van der Waals surface area contributed by atoms with Crippen molar-refractivity contribution in [3.63, 3.8) is 0 Å². The van der Waals surface area contributed by atoms with Gasteiger partial charge < -0.3 is 40.2 Å². The number of pyridine rings is 1. The van der Waals surface area contributed by atoms with Gasteiger partial charge in [-0.05, 0) is 31.0 Å². The lowest BCUT2D eigenvalue weighted by Crippen LogP contribution is -2.71. The van der Waals surface area contributed by atoms with E-state index >= 15 is 8.78 Å². The van der Waals surface area contributed by atoms with Gasteiger partial charge in [0.05, 0.1) is 16.9 Å².